The van der Waals surface area contributed by atoms with Gasteiger partial charge in [-0.15, -0.1) is 0 Å². The first-order valence-electron chi connectivity index (χ1n) is 18.4. The standard InChI is InChI=1S/2C22H25NO5.3H2O/c2*1-26-18-8-6-7-17(24)21(18)16(23-11-4-5-12-23)10-9-15-13-19(27-2)22(25)20(14-15)28-3;;;/h2*6-10,13-14H,4-5,11-12H2,1-3H3,(H,24,25);3*1H2. The van der Waals surface area contributed by atoms with Crippen LogP contribution in [0.3, 0.4) is 0 Å². The van der Waals surface area contributed by atoms with Crippen LogP contribution < -0.4 is 28.4 Å². The molecule has 0 atom stereocenters. The smallest absolute Gasteiger partial charge is 0.214 e. The number of aromatic hydroxyl groups is 4. The zero-order valence-electron chi connectivity index (χ0n) is 34.3. The largest absolute Gasteiger partial charge is 0.870 e. The normalized spacial score (nSPS) is 13.1. The van der Waals surface area contributed by atoms with Gasteiger partial charge in [0.2, 0.25) is 22.9 Å². The lowest BCUT2D eigenvalue weighted by molar-refractivity contribution is -0.504. The van der Waals surface area contributed by atoms with Crippen molar-refractivity contribution in [3.8, 4) is 57.5 Å². The Bertz CT molecular complexity index is 1930. The van der Waals surface area contributed by atoms with Gasteiger partial charge in [-0.3, -0.25) is 0 Å². The average Bonchev–Trinajstić information content (AvgIpc) is 3.96. The van der Waals surface area contributed by atoms with Crippen LogP contribution in [0, 0.1) is 0 Å². The number of methoxy groups -OCH3 is 6. The van der Waals surface area contributed by atoms with E-state index >= 15 is 0 Å². The average molecular weight is 821 g/mol. The van der Waals surface area contributed by atoms with E-state index in [9.17, 15) is 20.4 Å². The molecule has 4 aromatic rings. The number of allylic oxidation sites excluding steroid dienone is 2. The van der Waals surface area contributed by atoms with Crippen LogP contribution in [0.1, 0.15) is 47.9 Å². The number of rotatable bonds is 12. The van der Waals surface area contributed by atoms with Gasteiger partial charge in [0.1, 0.15) is 60.3 Å². The zero-order chi connectivity index (χ0) is 40.2. The molecule has 15 nitrogen and oxygen atoms in total. The van der Waals surface area contributed by atoms with Gasteiger partial charge in [-0.25, -0.2) is 9.15 Å². The first-order chi connectivity index (χ1) is 27.2. The van der Waals surface area contributed by atoms with Crippen molar-refractivity contribution in [2.24, 2.45) is 0 Å². The highest BCUT2D eigenvalue weighted by molar-refractivity contribution is 6.12. The van der Waals surface area contributed by atoms with Gasteiger partial charge in [0.05, 0.1) is 42.7 Å². The molecule has 8 N–H and O–H groups in total. The SMILES string of the molecule is COc1cc(/C=C/C(c2c(O)cccc2OC)=[N+]2CCCC2)cc(OC)c1O.COc1cc(/C=C/C(c2c(O)cccc2OC)=[N+]2CCCC2)cc(OC)c1O.O.[OH-].[OH-]. The Hall–Kier alpha value is -6.42. The summed E-state index contributed by atoms with van der Waals surface area (Å²) in [6.07, 6.45) is 12.1. The minimum Gasteiger partial charge on any atom is -0.870 e. The topological polar surface area (TPSA) is 234 Å². The number of benzene rings is 4. The lowest BCUT2D eigenvalue weighted by Gasteiger charge is -2.11. The molecule has 4 aromatic carbocycles. The van der Waals surface area contributed by atoms with Crippen LogP contribution >= 0.6 is 0 Å². The Morgan fingerprint density at radius 1 is 0.475 bits per heavy atom. The second-order valence-electron chi connectivity index (χ2n) is 13.1. The first kappa shape index (κ1) is 48.7. The van der Waals surface area contributed by atoms with E-state index in [1.54, 1.807) is 62.8 Å². The monoisotopic (exact) mass is 820 g/mol. The molecule has 0 bridgehead atoms. The van der Waals surface area contributed by atoms with Gasteiger partial charge in [0.25, 0.3) is 0 Å². The second-order valence-corrected chi connectivity index (χ2v) is 13.1. The molecular weight excluding hydrogens is 764 g/mol. The molecular formula is C44H56N2O13. The maximum Gasteiger partial charge on any atom is 0.214 e. The highest BCUT2D eigenvalue weighted by Crippen LogP contribution is 2.39. The zero-order valence-corrected chi connectivity index (χ0v) is 34.3. The minimum absolute atomic E-state index is 0. The summed E-state index contributed by atoms with van der Waals surface area (Å²) < 4.78 is 36.4. The van der Waals surface area contributed by atoms with Gasteiger partial charge < -0.3 is 65.3 Å². The number of phenols is 4. The summed E-state index contributed by atoms with van der Waals surface area (Å²) >= 11 is 0. The molecule has 2 fully saturated rings. The number of nitrogens with zero attached hydrogens (tertiary/aromatic N) is 2. The summed E-state index contributed by atoms with van der Waals surface area (Å²) in [5, 5.41) is 41.3. The summed E-state index contributed by atoms with van der Waals surface area (Å²) in [7, 11) is 9.18. The van der Waals surface area contributed by atoms with Crippen LogP contribution in [0.4, 0.5) is 0 Å². The number of ether oxygens (including phenoxy) is 6. The molecule has 2 heterocycles. The molecule has 2 saturated heterocycles. The summed E-state index contributed by atoms with van der Waals surface area (Å²) in [6.45, 7) is 3.66. The van der Waals surface area contributed by atoms with Crippen molar-refractivity contribution in [3.05, 3.63) is 95.1 Å². The van der Waals surface area contributed by atoms with Crippen molar-refractivity contribution >= 4 is 23.6 Å². The van der Waals surface area contributed by atoms with Gasteiger partial charge in [-0.1, -0.05) is 12.1 Å². The van der Waals surface area contributed by atoms with Gasteiger partial charge in [0.15, 0.2) is 23.0 Å². The molecule has 2 aliphatic heterocycles. The molecule has 59 heavy (non-hydrogen) atoms. The van der Waals surface area contributed by atoms with Crippen LogP contribution in [0.2, 0.25) is 0 Å². The fraction of sp³-hybridized carbons (Fsp3) is 0.318. The molecule has 6 rings (SSSR count). The Kier molecular flexibility index (Phi) is 19.1. The summed E-state index contributed by atoms with van der Waals surface area (Å²) in [6, 6.07) is 17.5. The molecule has 0 saturated carbocycles. The molecule has 0 radical (unpaired) electrons. The van der Waals surface area contributed by atoms with Crippen molar-refractivity contribution in [1.29, 1.82) is 0 Å². The fourth-order valence-electron chi connectivity index (χ4n) is 6.87. The van der Waals surface area contributed by atoms with Gasteiger partial charge in [-0.05, 0) is 71.8 Å². The van der Waals surface area contributed by atoms with Crippen LogP contribution in [-0.2, 0) is 0 Å². The molecule has 15 heteroatoms. The molecule has 0 aliphatic carbocycles. The van der Waals surface area contributed by atoms with E-state index in [4.69, 9.17) is 28.4 Å². The molecule has 320 valence electrons. The summed E-state index contributed by atoms with van der Waals surface area (Å²) in [5.41, 5.74) is 4.72. The van der Waals surface area contributed by atoms with Crippen LogP contribution in [0.15, 0.2) is 72.8 Å². The fourth-order valence-corrected chi connectivity index (χ4v) is 6.87. The first-order valence-corrected chi connectivity index (χ1v) is 18.4. The van der Waals surface area contributed by atoms with E-state index < -0.39 is 0 Å². The molecule has 0 unspecified atom stereocenters. The predicted molar refractivity (Wildman–Crippen MR) is 224 cm³/mol. The summed E-state index contributed by atoms with van der Waals surface area (Å²) in [5.74, 6) is 2.85. The van der Waals surface area contributed by atoms with E-state index in [0.717, 1.165) is 74.4 Å². The Morgan fingerprint density at radius 3 is 1.03 bits per heavy atom. The quantitative estimate of drug-likeness (QED) is 0.126. The van der Waals surface area contributed by atoms with E-state index in [0.29, 0.717) is 45.6 Å². The third-order valence-corrected chi connectivity index (χ3v) is 9.73. The summed E-state index contributed by atoms with van der Waals surface area (Å²) in [4.78, 5) is 0. The van der Waals surface area contributed by atoms with Crippen molar-refractivity contribution in [2.75, 3.05) is 68.8 Å². The van der Waals surface area contributed by atoms with Gasteiger partial charge in [-0.2, -0.15) is 0 Å². The molecule has 0 amide bonds. The van der Waals surface area contributed by atoms with Crippen molar-refractivity contribution in [2.45, 2.75) is 25.7 Å². The minimum atomic E-state index is -0.0340. The third-order valence-electron chi connectivity index (χ3n) is 9.73. The van der Waals surface area contributed by atoms with Crippen molar-refractivity contribution in [3.63, 3.8) is 0 Å². The molecule has 2 aliphatic rings. The number of hydrogen-bond acceptors (Lipinski definition) is 12. The second kappa shape index (κ2) is 23.1. The molecule has 0 aromatic heterocycles. The van der Waals surface area contributed by atoms with E-state index in [2.05, 4.69) is 9.15 Å². The maximum absolute atomic E-state index is 10.5. The Labute approximate surface area is 344 Å². The number of phenolic OH excluding ortho intramolecular Hbond substituents is 4. The van der Waals surface area contributed by atoms with E-state index in [1.165, 1.54) is 28.4 Å². The van der Waals surface area contributed by atoms with E-state index in [1.807, 2.05) is 36.4 Å². The third kappa shape index (κ3) is 11.4. The van der Waals surface area contributed by atoms with Crippen LogP contribution in [0.25, 0.3) is 12.2 Å². The maximum atomic E-state index is 10.5. The predicted octanol–water partition coefficient (Wildman–Crippen LogP) is 5.69. The highest BCUT2D eigenvalue weighted by atomic mass is 16.5. The van der Waals surface area contributed by atoms with Crippen LogP contribution in [-0.4, -0.2) is 126 Å². The van der Waals surface area contributed by atoms with Crippen molar-refractivity contribution in [1.82, 2.24) is 0 Å². The van der Waals surface area contributed by atoms with Gasteiger partial charge >= 0.3 is 0 Å². The van der Waals surface area contributed by atoms with Gasteiger partial charge in [0, 0.05) is 37.8 Å². The lowest BCUT2D eigenvalue weighted by atomic mass is 10.0. The van der Waals surface area contributed by atoms with Crippen LogP contribution in [0.5, 0.6) is 57.5 Å². The Balaban J connectivity index is 0.000000387. The number of hydrogen-bond donors (Lipinski definition) is 4. The lowest BCUT2D eigenvalue weighted by Crippen LogP contribution is -2.18. The highest BCUT2D eigenvalue weighted by Gasteiger charge is 2.27. The Morgan fingerprint density at radius 2 is 0.763 bits per heavy atom. The molecule has 0 spiro atoms. The van der Waals surface area contributed by atoms with Crippen molar-refractivity contribution < 1.29 is 74.4 Å². The van der Waals surface area contributed by atoms with E-state index in [-0.39, 0.29) is 39.4 Å².